The van der Waals surface area contributed by atoms with Crippen LogP contribution in [0.1, 0.15) is 18.4 Å². The van der Waals surface area contributed by atoms with Gasteiger partial charge in [0, 0.05) is 22.7 Å². The Labute approximate surface area is 211 Å². The summed E-state index contributed by atoms with van der Waals surface area (Å²) >= 11 is 6.01. The van der Waals surface area contributed by atoms with Crippen molar-refractivity contribution in [2.45, 2.75) is 31.5 Å². The van der Waals surface area contributed by atoms with E-state index >= 15 is 0 Å². The number of carbonyl (C=O) groups excluding carboxylic acids is 2. The number of benzene rings is 2. The Morgan fingerprint density at radius 2 is 1.89 bits per heavy atom. The molecule has 1 aliphatic carbocycles. The minimum absolute atomic E-state index is 0.104. The van der Waals surface area contributed by atoms with Gasteiger partial charge >= 0.3 is 0 Å². The fourth-order valence-electron chi connectivity index (χ4n) is 3.97. The first-order valence-electron chi connectivity index (χ1n) is 11.5. The molecule has 0 radical (unpaired) electrons. The lowest BCUT2D eigenvalue weighted by Crippen LogP contribution is -2.58. The molecule has 3 N–H and O–H groups in total. The van der Waals surface area contributed by atoms with Crippen molar-refractivity contribution < 1.29 is 24.0 Å². The Hall–Kier alpha value is -3.89. The van der Waals surface area contributed by atoms with Crippen molar-refractivity contribution in [1.82, 2.24) is 15.4 Å². The number of hydrogen-bond donors (Lipinski definition) is 3. The van der Waals surface area contributed by atoms with Crippen LogP contribution in [0.15, 0.2) is 70.4 Å². The Kier molecular flexibility index (Phi) is 6.88. The molecule has 0 spiro atoms. The molecule has 1 aromatic heterocycles. The average molecular weight is 510 g/mol. The summed E-state index contributed by atoms with van der Waals surface area (Å²) in [6.07, 6.45) is 1.79. The summed E-state index contributed by atoms with van der Waals surface area (Å²) in [6.45, 7) is 0.344. The zero-order valence-electron chi connectivity index (χ0n) is 19.1. The third kappa shape index (κ3) is 5.50. The van der Waals surface area contributed by atoms with Crippen LogP contribution < -0.4 is 15.4 Å². The fraction of sp³-hybridized carbons (Fsp3) is 0.280. The molecular weight excluding hydrogens is 486 g/mol. The van der Waals surface area contributed by atoms with Crippen molar-refractivity contribution in [3.05, 3.63) is 71.4 Å². The number of aliphatic imine (C=N–C) groups is 1. The van der Waals surface area contributed by atoms with Gasteiger partial charge in [-0.25, -0.2) is 4.99 Å². The highest BCUT2D eigenvalue weighted by atomic mass is 35.5. The zero-order valence-corrected chi connectivity index (χ0v) is 19.9. The first kappa shape index (κ1) is 23.8. The topological polar surface area (TPSA) is 129 Å². The molecule has 1 aliphatic heterocycles. The van der Waals surface area contributed by atoms with Gasteiger partial charge in [-0.05, 0) is 60.0 Å². The number of anilines is 1. The summed E-state index contributed by atoms with van der Waals surface area (Å²) < 4.78 is 10.3. The van der Waals surface area contributed by atoms with Gasteiger partial charge in [0.2, 0.25) is 11.9 Å². The predicted molar refractivity (Wildman–Crippen MR) is 132 cm³/mol. The molecule has 2 amide bonds. The molecule has 1 saturated carbocycles. The fourth-order valence-corrected chi connectivity index (χ4v) is 4.10. The highest BCUT2D eigenvalue weighted by molar-refractivity contribution is 6.30. The number of ether oxygens (including phenoxy) is 1. The molecule has 36 heavy (non-hydrogen) atoms. The van der Waals surface area contributed by atoms with E-state index in [2.05, 4.69) is 20.8 Å². The van der Waals surface area contributed by atoms with Crippen LogP contribution in [-0.2, 0) is 16.1 Å². The van der Waals surface area contributed by atoms with Crippen molar-refractivity contribution in [1.29, 1.82) is 0 Å². The highest BCUT2D eigenvalue weighted by Crippen LogP contribution is 2.28. The number of nitrogens with one attached hydrogen (secondary N) is 2. The van der Waals surface area contributed by atoms with E-state index in [-0.39, 0.29) is 30.8 Å². The molecule has 10 nitrogen and oxygen atoms in total. The van der Waals surface area contributed by atoms with Gasteiger partial charge in [0.25, 0.3) is 11.8 Å². The van der Waals surface area contributed by atoms with Gasteiger partial charge in [-0.1, -0.05) is 23.7 Å². The number of hydrogen-bond acceptors (Lipinski definition) is 8. The summed E-state index contributed by atoms with van der Waals surface area (Å²) in [5.41, 5.74) is 1.55. The smallest absolute Gasteiger partial charge is 0.259 e. The summed E-state index contributed by atoms with van der Waals surface area (Å²) in [5, 5.41) is 19.8. The Balaban J connectivity index is 1.31. The third-order valence-electron chi connectivity index (χ3n) is 6.04. The minimum Gasteiger partial charge on any atom is -0.436 e. The highest BCUT2D eigenvalue weighted by Gasteiger charge is 2.38. The maximum atomic E-state index is 13.4. The molecule has 0 saturated heterocycles. The van der Waals surface area contributed by atoms with Crippen LogP contribution in [0.5, 0.6) is 11.6 Å². The van der Waals surface area contributed by atoms with Crippen LogP contribution in [0.4, 0.5) is 5.69 Å². The van der Waals surface area contributed by atoms with Gasteiger partial charge in [0.1, 0.15) is 18.1 Å². The Morgan fingerprint density at radius 1 is 1.14 bits per heavy atom. The van der Waals surface area contributed by atoms with Crippen molar-refractivity contribution in [2.24, 2.45) is 10.9 Å². The number of guanidine groups is 1. The number of amides is 2. The van der Waals surface area contributed by atoms with Crippen molar-refractivity contribution in [2.75, 3.05) is 11.9 Å². The lowest BCUT2D eigenvalue weighted by Gasteiger charge is -2.35. The number of rotatable bonds is 7. The average Bonchev–Trinajstić information content (AvgIpc) is 3.36. The van der Waals surface area contributed by atoms with Gasteiger partial charge in [-0.2, -0.15) is 0 Å². The lowest BCUT2D eigenvalue weighted by molar-refractivity contribution is -0.138. The summed E-state index contributed by atoms with van der Waals surface area (Å²) in [4.78, 5) is 32.0. The van der Waals surface area contributed by atoms with Crippen LogP contribution >= 0.6 is 11.6 Å². The molecular formula is C25H24ClN5O5. The van der Waals surface area contributed by atoms with E-state index in [1.807, 2.05) is 12.1 Å². The molecule has 1 fully saturated rings. The van der Waals surface area contributed by atoms with E-state index in [0.717, 1.165) is 5.56 Å². The molecule has 0 bridgehead atoms. The summed E-state index contributed by atoms with van der Waals surface area (Å²) in [5.74, 6) is 0.486. The van der Waals surface area contributed by atoms with Crippen LogP contribution in [0.2, 0.25) is 5.02 Å². The van der Waals surface area contributed by atoms with Crippen LogP contribution in [0.3, 0.4) is 0 Å². The van der Waals surface area contributed by atoms with Crippen molar-refractivity contribution in [3.63, 3.8) is 0 Å². The van der Waals surface area contributed by atoms with Crippen LogP contribution in [-0.4, -0.2) is 51.6 Å². The molecule has 1 atom stereocenters. The minimum atomic E-state index is -0.786. The summed E-state index contributed by atoms with van der Waals surface area (Å²) in [7, 11) is 0. The molecule has 11 heteroatoms. The first-order chi connectivity index (χ1) is 17.4. The number of aliphatic hydroxyl groups is 1. The van der Waals surface area contributed by atoms with E-state index in [0.29, 0.717) is 41.1 Å². The lowest BCUT2D eigenvalue weighted by atomic mass is 9.81. The number of aliphatic hydroxyl groups excluding tert-OH is 1. The molecule has 5 rings (SSSR count). The first-order valence-corrected chi connectivity index (χ1v) is 11.9. The van der Waals surface area contributed by atoms with Crippen molar-refractivity contribution >= 4 is 35.1 Å². The number of aromatic nitrogens is 1. The molecule has 2 aromatic carbocycles. The van der Waals surface area contributed by atoms with Gasteiger partial charge in [-0.3, -0.25) is 14.5 Å². The standard InChI is InChI=1S/C25H24ClN5O5/c26-17-3-1-15(2-4-17)14-31-24(34)21(29-23(33)16-11-19(32)12-16)13-27-25(31)28-18-5-7-20(8-6-18)36-22-9-10-35-30-22/h1-10,16,19,21,32H,11-14H2,(H,27,28)(H,29,33). The van der Waals surface area contributed by atoms with E-state index in [9.17, 15) is 14.7 Å². The number of halogens is 1. The van der Waals surface area contributed by atoms with Gasteiger partial charge < -0.3 is 25.0 Å². The van der Waals surface area contributed by atoms with Crippen molar-refractivity contribution in [3.8, 4) is 11.6 Å². The summed E-state index contributed by atoms with van der Waals surface area (Å²) in [6, 6.07) is 15.1. The second kappa shape index (κ2) is 10.4. The quantitative estimate of drug-likeness (QED) is 0.446. The molecule has 186 valence electrons. The van der Waals surface area contributed by atoms with Crippen LogP contribution in [0, 0.1) is 5.92 Å². The molecule has 2 aliphatic rings. The SMILES string of the molecule is O=C(NC1CN=C(Nc2ccc(Oc3ccon3)cc2)N(Cc2ccc(Cl)cc2)C1=O)C1CC(O)C1. The van der Waals surface area contributed by atoms with Gasteiger partial charge in [-0.15, -0.1) is 0 Å². The van der Waals surface area contributed by atoms with E-state index in [1.54, 1.807) is 42.5 Å². The zero-order chi connectivity index (χ0) is 25.1. The van der Waals surface area contributed by atoms with Gasteiger partial charge in [0.05, 0.1) is 19.2 Å². The monoisotopic (exact) mass is 509 g/mol. The second-order valence-corrected chi connectivity index (χ2v) is 9.12. The van der Waals surface area contributed by atoms with E-state index < -0.39 is 12.1 Å². The Morgan fingerprint density at radius 3 is 2.56 bits per heavy atom. The largest absolute Gasteiger partial charge is 0.436 e. The third-order valence-corrected chi connectivity index (χ3v) is 6.30. The Bertz CT molecular complexity index is 1240. The second-order valence-electron chi connectivity index (χ2n) is 8.69. The molecule has 3 aromatic rings. The van der Waals surface area contributed by atoms with E-state index in [1.165, 1.54) is 11.2 Å². The molecule has 1 unspecified atom stereocenters. The maximum absolute atomic E-state index is 13.4. The van der Waals surface area contributed by atoms with Crippen LogP contribution in [0.25, 0.3) is 0 Å². The number of carbonyl (C=O) groups is 2. The molecule has 2 heterocycles. The van der Waals surface area contributed by atoms with Gasteiger partial charge in [0.15, 0.2) is 0 Å². The predicted octanol–water partition coefficient (Wildman–Crippen LogP) is 3.19. The van der Waals surface area contributed by atoms with E-state index in [4.69, 9.17) is 20.9 Å². The normalized spacial score (nSPS) is 21.4. The number of nitrogens with zero attached hydrogens (tertiary/aromatic N) is 3. The maximum Gasteiger partial charge on any atom is 0.259 e.